The van der Waals surface area contributed by atoms with Crippen LogP contribution in [0.2, 0.25) is 0 Å². The average molecular weight is 350 g/mol. The Kier molecular flexibility index (Phi) is 5.14. The van der Waals surface area contributed by atoms with Crippen molar-refractivity contribution < 1.29 is 4.79 Å². The van der Waals surface area contributed by atoms with Gasteiger partial charge < -0.3 is 9.80 Å². The summed E-state index contributed by atoms with van der Waals surface area (Å²) in [6, 6.07) is 10.6. The fourth-order valence-corrected chi connectivity index (χ4v) is 3.98. The third-order valence-corrected chi connectivity index (χ3v) is 5.54. The molecule has 0 aliphatic carbocycles. The number of hydrogen-bond donors (Lipinski definition) is 0. The summed E-state index contributed by atoms with van der Waals surface area (Å²) in [5.41, 5.74) is 2.00. The first-order valence-electron chi connectivity index (χ1n) is 9.70. The van der Waals surface area contributed by atoms with Crippen LogP contribution in [0, 0.1) is 5.92 Å². The molecule has 5 heteroatoms. The number of nitrogens with zero attached hydrogens (tertiary/aromatic N) is 4. The van der Waals surface area contributed by atoms with Crippen LogP contribution in [-0.4, -0.2) is 47.0 Å². The van der Waals surface area contributed by atoms with Crippen LogP contribution in [0.5, 0.6) is 0 Å². The predicted octanol–water partition coefficient (Wildman–Crippen LogP) is 3.17. The summed E-state index contributed by atoms with van der Waals surface area (Å²) < 4.78 is 0. The lowest BCUT2D eigenvalue weighted by atomic mass is 9.90. The minimum Gasteiger partial charge on any atom is -0.341 e. The van der Waals surface area contributed by atoms with Crippen molar-refractivity contribution in [2.45, 2.75) is 32.1 Å². The van der Waals surface area contributed by atoms with Crippen molar-refractivity contribution in [2.75, 3.05) is 31.1 Å². The number of rotatable bonds is 4. The highest BCUT2D eigenvalue weighted by Gasteiger charge is 2.24. The number of piperidine rings is 1. The highest BCUT2D eigenvalue weighted by Crippen LogP contribution is 2.23. The number of carbonyl (C=O) groups excluding carboxylic acids is 1. The molecule has 0 spiro atoms. The van der Waals surface area contributed by atoms with Gasteiger partial charge in [0.2, 0.25) is 5.95 Å². The standard InChI is InChI=1S/C21H26N4O/c26-20(19-15-22-21(23-16-19)25-10-4-5-11-25)24-12-8-18(9-13-24)14-17-6-2-1-3-7-17/h1-3,6-7,15-16,18H,4-5,8-14H2. The molecule has 2 aliphatic rings. The summed E-state index contributed by atoms with van der Waals surface area (Å²) in [5, 5.41) is 0. The van der Waals surface area contributed by atoms with Gasteiger partial charge in [0, 0.05) is 38.6 Å². The molecule has 1 aromatic carbocycles. The predicted molar refractivity (Wildman–Crippen MR) is 102 cm³/mol. The molecular formula is C21H26N4O. The van der Waals surface area contributed by atoms with E-state index in [0.717, 1.165) is 51.4 Å². The number of carbonyl (C=O) groups is 1. The number of benzene rings is 1. The Morgan fingerprint density at radius 3 is 2.27 bits per heavy atom. The van der Waals surface area contributed by atoms with E-state index in [4.69, 9.17) is 0 Å². The Labute approximate surface area is 155 Å². The second-order valence-electron chi connectivity index (χ2n) is 7.39. The Hall–Kier alpha value is -2.43. The van der Waals surface area contributed by atoms with E-state index in [1.807, 2.05) is 4.90 Å². The molecule has 0 saturated carbocycles. The molecular weight excluding hydrogens is 324 g/mol. The largest absolute Gasteiger partial charge is 0.341 e. The minimum absolute atomic E-state index is 0.0659. The normalized spacial score (nSPS) is 18.3. The molecule has 5 nitrogen and oxygen atoms in total. The maximum Gasteiger partial charge on any atom is 0.256 e. The maximum absolute atomic E-state index is 12.7. The maximum atomic E-state index is 12.7. The number of amides is 1. The highest BCUT2D eigenvalue weighted by molar-refractivity contribution is 5.93. The summed E-state index contributed by atoms with van der Waals surface area (Å²) >= 11 is 0. The molecule has 2 aliphatic heterocycles. The lowest BCUT2D eigenvalue weighted by molar-refractivity contribution is 0.0689. The lowest BCUT2D eigenvalue weighted by Gasteiger charge is -2.32. The zero-order chi connectivity index (χ0) is 17.8. The summed E-state index contributed by atoms with van der Waals surface area (Å²) in [7, 11) is 0. The molecule has 0 radical (unpaired) electrons. The van der Waals surface area contributed by atoms with Crippen molar-refractivity contribution in [3.8, 4) is 0 Å². The molecule has 2 aromatic rings. The zero-order valence-electron chi connectivity index (χ0n) is 15.2. The molecule has 0 atom stereocenters. The summed E-state index contributed by atoms with van der Waals surface area (Å²) in [6.45, 7) is 3.68. The summed E-state index contributed by atoms with van der Waals surface area (Å²) in [4.78, 5) is 25.7. The molecule has 3 heterocycles. The molecule has 26 heavy (non-hydrogen) atoms. The van der Waals surface area contributed by atoms with E-state index in [1.165, 1.54) is 18.4 Å². The highest BCUT2D eigenvalue weighted by atomic mass is 16.2. The van der Waals surface area contributed by atoms with Gasteiger partial charge in [-0.05, 0) is 43.6 Å². The van der Waals surface area contributed by atoms with Gasteiger partial charge in [-0.2, -0.15) is 0 Å². The van der Waals surface area contributed by atoms with Crippen LogP contribution in [0.15, 0.2) is 42.7 Å². The van der Waals surface area contributed by atoms with Gasteiger partial charge >= 0.3 is 0 Å². The molecule has 136 valence electrons. The quantitative estimate of drug-likeness (QED) is 0.850. The van der Waals surface area contributed by atoms with E-state index in [9.17, 15) is 4.79 Å². The SMILES string of the molecule is O=C(c1cnc(N2CCCC2)nc1)N1CCC(Cc2ccccc2)CC1. The van der Waals surface area contributed by atoms with Crippen LogP contribution in [-0.2, 0) is 6.42 Å². The van der Waals surface area contributed by atoms with Crippen LogP contribution >= 0.6 is 0 Å². The van der Waals surface area contributed by atoms with Gasteiger partial charge in [-0.25, -0.2) is 9.97 Å². The van der Waals surface area contributed by atoms with Crippen molar-refractivity contribution in [1.29, 1.82) is 0 Å². The molecule has 4 rings (SSSR count). The van der Waals surface area contributed by atoms with E-state index in [1.54, 1.807) is 12.4 Å². The third-order valence-electron chi connectivity index (χ3n) is 5.54. The molecule has 0 unspecified atom stereocenters. The molecule has 1 aromatic heterocycles. The minimum atomic E-state index is 0.0659. The Morgan fingerprint density at radius 1 is 0.962 bits per heavy atom. The Morgan fingerprint density at radius 2 is 1.62 bits per heavy atom. The fraction of sp³-hybridized carbons (Fsp3) is 0.476. The van der Waals surface area contributed by atoms with Gasteiger partial charge in [0.15, 0.2) is 0 Å². The zero-order valence-corrected chi connectivity index (χ0v) is 15.2. The number of likely N-dealkylation sites (tertiary alicyclic amines) is 1. The second kappa shape index (κ2) is 7.85. The van der Waals surface area contributed by atoms with Crippen molar-refractivity contribution >= 4 is 11.9 Å². The first-order valence-corrected chi connectivity index (χ1v) is 9.70. The van der Waals surface area contributed by atoms with Crippen molar-refractivity contribution in [2.24, 2.45) is 5.92 Å². The molecule has 0 bridgehead atoms. The average Bonchev–Trinajstić information content (AvgIpc) is 3.24. The van der Waals surface area contributed by atoms with Crippen LogP contribution in [0.4, 0.5) is 5.95 Å². The van der Waals surface area contributed by atoms with E-state index in [-0.39, 0.29) is 5.91 Å². The second-order valence-corrected chi connectivity index (χ2v) is 7.39. The summed E-state index contributed by atoms with van der Waals surface area (Å²) in [6.07, 6.45) is 9.01. The van der Waals surface area contributed by atoms with Crippen LogP contribution < -0.4 is 4.90 Å². The first kappa shape index (κ1) is 17.0. The van der Waals surface area contributed by atoms with E-state index in [2.05, 4.69) is 45.2 Å². The van der Waals surface area contributed by atoms with Gasteiger partial charge in [0.25, 0.3) is 5.91 Å². The first-order chi connectivity index (χ1) is 12.8. The van der Waals surface area contributed by atoms with Gasteiger partial charge in [-0.3, -0.25) is 4.79 Å². The van der Waals surface area contributed by atoms with Crippen molar-refractivity contribution in [3.63, 3.8) is 0 Å². The van der Waals surface area contributed by atoms with Gasteiger partial charge in [0.05, 0.1) is 5.56 Å². The molecule has 1 amide bonds. The van der Waals surface area contributed by atoms with E-state index >= 15 is 0 Å². The van der Waals surface area contributed by atoms with Crippen LogP contribution in [0.1, 0.15) is 41.6 Å². The molecule has 2 saturated heterocycles. The van der Waals surface area contributed by atoms with E-state index in [0.29, 0.717) is 11.5 Å². The van der Waals surface area contributed by atoms with Gasteiger partial charge in [-0.15, -0.1) is 0 Å². The van der Waals surface area contributed by atoms with Crippen LogP contribution in [0.3, 0.4) is 0 Å². The van der Waals surface area contributed by atoms with Gasteiger partial charge in [0.1, 0.15) is 0 Å². The Bertz CT molecular complexity index is 717. The smallest absolute Gasteiger partial charge is 0.256 e. The monoisotopic (exact) mass is 350 g/mol. The number of hydrogen-bond acceptors (Lipinski definition) is 4. The van der Waals surface area contributed by atoms with Crippen molar-refractivity contribution in [1.82, 2.24) is 14.9 Å². The molecule has 0 N–H and O–H groups in total. The topological polar surface area (TPSA) is 49.3 Å². The third kappa shape index (κ3) is 3.87. The Balaban J connectivity index is 1.31. The number of anilines is 1. The molecule has 2 fully saturated rings. The summed E-state index contributed by atoms with van der Waals surface area (Å²) in [5.74, 6) is 1.48. The van der Waals surface area contributed by atoms with Crippen LogP contribution in [0.25, 0.3) is 0 Å². The number of aromatic nitrogens is 2. The van der Waals surface area contributed by atoms with Gasteiger partial charge in [-0.1, -0.05) is 30.3 Å². The van der Waals surface area contributed by atoms with Crippen molar-refractivity contribution in [3.05, 3.63) is 53.9 Å². The lowest BCUT2D eigenvalue weighted by Crippen LogP contribution is -2.39. The fourth-order valence-electron chi connectivity index (χ4n) is 3.98. The van der Waals surface area contributed by atoms with E-state index < -0.39 is 0 Å².